The van der Waals surface area contributed by atoms with Crippen LogP contribution in [0, 0.1) is 0 Å². The number of likely N-dealkylation sites (N-methyl/N-ethyl adjacent to an activating group) is 1. The number of nitrogens with zero attached hydrogens (tertiary/aromatic N) is 1. The Balaban J connectivity index is 1.93. The summed E-state index contributed by atoms with van der Waals surface area (Å²) in [5.41, 5.74) is 2.62. The Morgan fingerprint density at radius 1 is 1.39 bits per heavy atom. The Kier molecular flexibility index (Phi) is 4.61. The van der Waals surface area contributed by atoms with Crippen LogP contribution in [0.1, 0.15) is 25.3 Å². The fourth-order valence-electron chi connectivity index (χ4n) is 2.38. The van der Waals surface area contributed by atoms with Crippen molar-refractivity contribution < 1.29 is 4.74 Å². The van der Waals surface area contributed by atoms with Crippen LogP contribution in [0.3, 0.4) is 0 Å². The van der Waals surface area contributed by atoms with E-state index in [9.17, 15) is 0 Å². The van der Waals surface area contributed by atoms with Crippen molar-refractivity contribution in [1.82, 2.24) is 4.90 Å². The molecule has 2 rings (SSSR count). The number of para-hydroxylation sites is 1. The van der Waals surface area contributed by atoms with Crippen molar-refractivity contribution in [3.05, 3.63) is 29.8 Å². The van der Waals surface area contributed by atoms with Crippen LogP contribution in [-0.4, -0.2) is 44.3 Å². The van der Waals surface area contributed by atoms with Crippen molar-refractivity contribution >= 4 is 5.69 Å². The molecule has 0 aliphatic carbocycles. The number of anilines is 1. The molecule has 0 radical (unpaired) electrons. The fraction of sp³-hybridized carbons (Fsp3) is 0.600. The Labute approximate surface area is 110 Å². The summed E-state index contributed by atoms with van der Waals surface area (Å²) in [5, 5.41) is 3.53. The number of nitrogens with one attached hydrogen (secondary N) is 1. The summed E-state index contributed by atoms with van der Waals surface area (Å²) in [5.74, 6) is 0.545. The minimum atomic E-state index is 0.295. The average Bonchev–Trinajstić information content (AvgIpc) is 2.37. The first-order valence-corrected chi connectivity index (χ1v) is 6.79. The molecule has 1 heterocycles. The van der Waals surface area contributed by atoms with Crippen LogP contribution in [0.5, 0.6) is 0 Å². The van der Waals surface area contributed by atoms with Crippen LogP contribution in [0.25, 0.3) is 0 Å². The molecule has 1 N–H and O–H groups in total. The topological polar surface area (TPSA) is 24.5 Å². The fourth-order valence-corrected chi connectivity index (χ4v) is 2.38. The number of benzene rings is 1. The molecule has 1 aliphatic heterocycles. The lowest BCUT2D eigenvalue weighted by Crippen LogP contribution is -2.43. The molecule has 1 aliphatic rings. The van der Waals surface area contributed by atoms with Gasteiger partial charge in [0, 0.05) is 25.3 Å². The summed E-state index contributed by atoms with van der Waals surface area (Å²) in [7, 11) is 2.15. The first-order chi connectivity index (χ1) is 8.66. The van der Waals surface area contributed by atoms with Gasteiger partial charge in [-0.15, -0.1) is 0 Å². The van der Waals surface area contributed by atoms with Crippen molar-refractivity contribution in [2.24, 2.45) is 0 Å². The highest BCUT2D eigenvalue weighted by molar-refractivity contribution is 5.52. The Hall–Kier alpha value is -1.06. The van der Waals surface area contributed by atoms with E-state index < -0.39 is 0 Å². The molecule has 1 fully saturated rings. The molecule has 0 spiro atoms. The van der Waals surface area contributed by atoms with E-state index in [2.05, 4.69) is 55.4 Å². The molecule has 1 atom stereocenters. The number of ether oxygens (including phenoxy) is 1. The molecule has 3 nitrogen and oxygen atoms in total. The van der Waals surface area contributed by atoms with E-state index in [1.54, 1.807) is 0 Å². The van der Waals surface area contributed by atoms with Crippen molar-refractivity contribution in [3.63, 3.8) is 0 Å². The lowest BCUT2D eigenvalue weighted by Gasteiger charge is -2.30. The number of hydrogen-bond acceptors (Lipinski definition) is 3. The van der Waals surface area contributed by atoms with E-state index in [0.717, 1.165) is 26.2 Å². The summed E-state index contributed by atoms with van der Waals surface area (Å²) in [4.78, 5) is 2.32. The predicted octanol–water partition coefficient (Wildman–Crippen LogP) is 2.55. The summed E-state index contributed by atoms with van der Waals surface area (Å²) in [6, 6.07) is 8.54. The molecule has 1 saturated heterocycles. The zero-order valence-electron chi connectivity index (χ0n) is 11.6. The van der Waals surface area contributed by atoms with Gasteiger partial charge in [-0.25, -0.2) is 0 Å². The molecule has 3 heteroatoms. The second-order valence-electron chi connectivity index (χ2n) is 5.38. The van der Waals surface area contributed by atoms with Crippen LogP contribution in [0.4, 0.5) is 5.69 Å². The zero-order valence-corrected chi connectivity index (χ0v) is 11.6. The SMILES string of the molecule is CC(C)c1ccccc1NCC1CN(C)CCO1. The van der Waals surface area contributed by atoms with Gasteiger partial charge in [-0.05, 0) is 24.6 Å². The highest BCUT2D eigenvalue weighted by Crippen LogP contribution is 2.23. The maximum atomic E-state index is 5.77. The molecule has 18 heavy (non-hydrogen) atoms. The van der Waals surface area contributed by atoms with E-state index in [0.29, 0.717) is 12.0 Å². The van der Waals surface area contributed by atoms with E-state index >= 15 is 0 Å². The van der Waals surface area contributed by atoms with E-state index in [1.807, 2.05) is 0 Å². The molecule has 0 aromatic heterocycles. The van der Waals surface area contributed by atoms with E-state index in [-0.39, 0.29) is 0 Å². The van der Waals surface area contributed by atoms with Crippen LogP contribution in [0.2, 0.25) is 0 Å². The van der Waals surface area contributed by atoms with Gasteiger partial charge in [0.2, 0.25) is 0 Å². The average molecular weight is 248 g/mol. The number of morpholine rings is 1. The van der Waals surface area contributed by atoms with Gasteiger partial charge in [0.05, 0.1) is 12.7 Å². The van der Waals surface area contributed by atoms with Crippen LogP contribution in [-0.2, 0) is 4.74 Å². The lowest BCUT2D eigenvalue weighted by atomic mass is 10.0. The summed E-state index contributed by atoms with van der Waals surface area (Å²) >= 11 is 0. The van der Waals surface area contributed by atoms with Crippen molar-refractivity contribution in [2.45, 2.75) is 25.9 Å². The first kappa shape index (κ1) is 13.4. The molecular weight excluding hydrogens is 224 g/mol. The van der Waals surface area contributed by atoms with Gasteiger partial charge in [-0.2, -0.15) is 0 Å². The molecule has 0 saturated carbocycles. The molecule has 1 aromatic carbocycles. The molecular formula is C15H24N2O. The molecule has 1 unspecified atom stereocenters. The second kappa shape index (κ2) is 6.21. The third kappa shape index (κ3) is 3.47. The van der Waals surface area contributed by atoms with Gasteiger partial charge in [0.25, 0.3) is 0 Å². The maximum absolute atomic E-state index is 5.77. The third-order valence-corrected chi connectivity index (χ3v) is 3.44. The van der Waals surface area contributed by atoms with Crippen LogP contribution >= 0.6 is 0 Å². The smallest absolute Gasteiger partial charge is 0.0874 e. The van der Waals surface area contributed by atoms with Gasteiger partial charge in [0.15, 0.2) is 0 Å². The summed E-state index contributed by atoms with van der Waals surface area (Å²) in [6.45, 7) is 8.23. The highest BCUT2D eigenvalue weighted by atomic mass is 16.5. The molecule has 1 aromatic rings. The lowest BCUT2D eigenvalue weighted by molar-refractivity contribution is -0.0117. The van der Waals surface area contributed by atoms with Crippen LogP contribution < -0.4 is 5.32 Å². The quantitative estimate of drug-likeness (QED) is 0.886. The summed E-state index contributed by atoms with van der Waals surface area (Å²) < 4.78 is 5.77. The van der Waals surface area contributed by atoms with Crippen molar-refractivity contribution in [3.8, 4) is 0 Å². The van der Waals surface area contributed by atoms with Gasteiger partial charge in [-0.3, -0.25) is 0 Å². The molecule has 0 bridgehead atoms. The summed E-state index contributed by atoms with van der Waals surface area (Å²) in [6.07, 6.45) is 0.295. The van der Waals surface area contributed by atoms with Gasteiger partial charge in [-0.1, -0.05) is 32.0 Å². The van der Waals surface area contributed by atoms with E-state index in [4.69, 9.17) is 4.74 Å². The van der Waals surface area contributed by atoms with Crippen molar-refractivity contribution in [1.29, 1.82) is 0 Å². The minimum absolute atomic E-state index is 0.295. The standard InChI is InChI=1S/C15H24N2O/c1-12(2)14-6-4-5-7-15(14)16-10-13-11-17(3)8-9-18-13/h4-7,12-13,16H,8-11H2,1-3H3. The van der Waals surface area contributed by atoms with Crippen molar-refractivity contribution in [2.75, 3.05) is 38.6 Å². The van der Waals surface area contributed by atoms with Crippen LogP contribution in [0.15, 0.2) is 24.3 Å². The number of hydrogen-bond donors (Lipinski definition) is 1. The first-order valence-electron chi connectivity index (χ1n) is 6.79. The Morgan fingerprint density at radius 3 is 2.89 bits per heavy atom. The largest absolute Gasteiger partial charge is 0.382 e. The molecule has 0 amide bonds. The van der Waals surface area contributed by atoms with Gasteiger partial charge in [0.1, 0.15) is 0 Å². The van der Waals surface area contributed by atoms with Gasteiger partial charge < -0.3 is 15.0 Å². The highest BCUT2D eigenvalue weighted by Gasteiger charge is 2.17. The Morgan fingerprint density at radius 2 is 2.17 bits per heavy atom. The Bertz CT molecular complexity index is 379. The number of rotatable bonds is 4. The van der Waals surface area contributed by atoms with E-state index in [1.165, 1.54) is 11.3 Å². The zero-order chi connectivity index (χ0) is 13.0. The maximum Gasteiger partial charge on any atom is 0.0874 e. The monoisotopic (exact) mass is 248 g/mol. The van der Waals surface area contributed by atoms with Gasteiger partial charge >= 0.3 is 0 Å². The minimum Gasteiger partial charge on any atom is -0.382 e. The molecule has 100 valence electrons. The second-order valence-corrected chi connectivity index (χ2v) is 5.38. The normalized spacial score (nSPS) is 21.2. The predicted molar refractivity (Wildman–Crippen MR) is 76.3 cm³/mol. The third-order valence-electron chi connectivity index (χ3n) is 3.44.